The van der Waals surface area contributed by atoms with Crippen molar-refractivity contribution in [2.45, 2.75) is 4.90 Å². The van der Waals surface area contributed by atoms with E-state index in [1.165, 1.54) is 0 Å². The fraction of sp³-hybridized carbons (Fsp3) is 0.185. The predicted octanol–water partition coefficient (Wildman–Crippen LogP) is 5.38. The molecule has 1 aliphatic heterocycles. The van der Waals surface area contributed by atoms with Crippen LogP contribution < -0.4 is 15.0 Å². The SMILES string of the molecule is CSc1c(-c2ccncc2)nc(-c2ccc(NC(=O)Oc3ccccc3)cc2)nc1N1CCOCC1. The van der Waals surface area contributed by atoms with Crippen LogP contribution in [0.2, 0.25) is 0 Å². The number of ether oxygens (including phenoxy) is 2. The van der Waals surface area contributed by atoms with Gasteiger partial charge in [0.1, 0.15) is 11.6 Å². The molecule has 1 amide bonds. The molecule has 4 aromatic rings. The molecule has 9 heteroatoms. The Kier molecular flexibility index (Phi) is 7.39. The first-order valence-electron chi connectivity index (χ1n) is 11.5. The van der Waals surface area contributed by atoms with Crippen LogP contribution in [0.3, 0.4) is 0 Å². The summed E-state index contributed by atoms with van der Waals surface area (Å²) >= 11 is 1.64. The zero-order valence-corrected chi connectivity index (χ0v) is 20.6. The van der Waals surface area contributed by atoms with Gasteiger partial charge >= 0.3 is 6.09 Å². The van der Waals surface area contributed by atoms with Crippen LogP contribution >= 0.6 is 11.8 Å². The summed E-state index contributed by atoms with van der Waals surface area (Å²) in [5, 5.41) is 2.75. The van der Waals surface area contributed by atoms with E-state index in [0.717, 1.165) is 40.6 Å². The van der Waals surface area contributed by atoms with Gasteiger partial charge in [-0.25, -0.2) is 14.8 Å². The van der Waals surface area contributed by atoms with Gasteiger partial charge in [0, 0.05) is 42.3 Å². The van der Waals surface area contributed by atoms with Crippen molar-refractivity contribution in [2.24, 2.45) is 0 Å². The van der Waals surface area contributed by atoms with E-state index in [-0.39, 0.29) is 0 Å². The summed E-state index contributed by atoms with van der Waals surface area (Å²) in [7, 11) is 0. The lowest BCUT2D eigenvalue weighted by Crippen LogP contribution is -2.37. The van der Waals surface area contributed by atoms with Gasteiger partial charge in [-0.05, 0) is 54.8 Å². The minimum Gasteiger partial charge on any atom is -0.410 e. The molecule has 3 heterocycles. The van der Waals surface area contributed by atoms with Gasteiger partial charge in [0.25, 0.3) is 0 Å². The highest BCUT2D eigenvalue weighted by atomic mass is 32.2. The smallest absolute Gasteiger partial charge is 0.410 e. The molecule has 0 atom stereocenters. The Balaban J connectivity index is 1.45. The van der Waals surface area contributed by atoms with E-state index < -0.39 is 6.09 Å². The number of hydrogen-bond acceptors (Lipinski definition) is 8. The fourth-order valence-electron chi connectivity index (χ4n) is 3.89. The molecule has 36 heavy (non-hydrogen) atoms. The molecule has 0 aliphatic carbocycles. The summed E-state index contributed by atoms with van der Waals surface area (Å²) in [6.07, 6.45) is 5.03. The maximum atomic E-state index is 12.2. The minimum absolute atomic E-state index is 0.480. The summed E-state index contributed by atoms with van der Waals surface area (Å²) in [4.78, 5) is 29.6. The number of pyridine rings is 1. The van der Waals surface area contributed by atoms with Gasteiger partial charge in [0.2, 0.25) is 0 Å². The molecule has 1 fully saturated rings. The average molecular weight is 500 g/mol. The summed E-state index contributed by atoms with van der Waals surface area (Å²) in [6.45, 7) is 2.87. The lowest BCUT2D eigenvalue weighted by molar-refractivity contribution is 0.122. The molecule has 2 aromatic carbocycles. The third-order valence-electron chi connectivity index (χ3n) is 5.66. The van der Waals surface area contributed by atoms with E-state index in [4.69, 9.17) is 19.4 Å². The summed E-state index contributed by atoms with van der Waals surface area (Å²) in [5.41, 5.74) is 3.30. The molecule has 0 spiro atoms. The van der Waals surface area contributed by atoms with E-state index in [1.54, 1.807) is 36.3 Å². The van der Waals surface area contributed by atoms with Crippen molar-refractivity contribution in [2.75, 3.05) is 42.8 Å². The Morgan fingerprint density at radius 2 is 1.67 bits per heavy atom. The number of amides is 1. The van der Waals surface area contributed by atoms with Crippen molar-refractivity contribution in [1.82, 2.24) is 15.0 Å². The summed E-state index contributed by atoms with van der Waals surface area (Å²) in [6, 6.07) is 20.3. The van der Waals surface area contributed by atoms with Gasteiger partial charge in [-0.3, -0.25) is 10.3 Å². The van der Waals surface area contributed by atoms with Crippen LogP contribution in [0.4, 0.5) is 16.3 Å². The number of benzene rings is 2. The van der Waals surface area contributed by atoms with Crippen molar-refractivity contribution < 1.29 is 14.3 Å². The minimum atomic E-state index is -0.552. The third kappa shape index (κ3) is 5.48. The van der Waals surface area contributed by atoms with Crippen LogP contribution in [0.1, 0.15) is 0 Å². The number of thioether (sulfide) groups is 1. The molecular formula is C27H25N5O3S. The van der Waals surface area contributed by atoms with Crippen LogP contribution in [-0.2, 0) is 4.74 Å². The van der Waals surface area contributed by atoms with Crippen LogP contribution in [0.15, 0.2) is 84.0 Å². The molecular weight excluding hydrogens is 474 g/mol. The normalized spacial score (nSPS) is 13.3. The number of morpholine rings is 1. The molecule has 1 saturated heterocycles. The lowest BCUT2D eigenvalue weighted by Gasteiger charge is -2.30. The fourth-order valence-corrected chi connectivity index (χ4v) is 4.61. The molecule has 0 saturated carbocycles. The monoisotopic (exact) mass is 499 g/mol. The van der Waals surface area contributed by atoms with Crippen molar-refractivity contribution in [3.05, 3.63) is 79.1 Å². The Bertz CT molecular complexity index is 1310. The maximum Gasteiger partial charge on any atom is 0.417 e. The molecule has 2 aromatic heterocycles. The van der Waals surface area contributed by atoms with Gasteiger partial charge in [-0.15, -0.1) is 11.8 Å². The number of rotatable bonds is 6. The molecule has 0 radical (unpaired) electrons. The summed E-state index contributed by atoms with van der Waals surface area (Å²) < 4.78 is 10.9. The molecule has 182 valence electrons. The standard InChI is InChI=1S/C27H25N5O3S/c1-36-24-23(19-11-13-28-14-12-19)30-25(31-26(24)32-15-17-34-18-16-32)20-7-9-21(10-8-20)29-27(33)35-22-5-3-2-4-6-22/h2-14H,15-18H2,1H3,(H,29,33). The van der Waals surface area contributed by atoms with E-state index in [9.17, 15) is 4.79 Å². The number of hydrogen-bond donors (Lipinski definition) is 1. The number of aromatic nitrogens is 3. The molecule has 0 bridgehead atoms. The second-order valence-corrected chi connectivity index (χ2v) is 8.81. The second kappa shape index (κ2) is 11.2. The quantitative estimate of drug-likeness (QED) is 0.354. The van der Waals surface area contributed by atoms with Crippen LogP contribution in [0.5, 0.6) is 5.75 Å². The Morgan fingerprint density at radius 1 is 0.944 bits per heavy atom. The second-order valence-electron chi connectivity index (χ2n) is 7.99. The van der Waals surface area contributed by atoms with E-state index in [2.05, 4.69) is 15.2 Å². The van der Waals surface area contributed by atoms with E-state index >= 15 is 0 Å². The Labute approximate surface area is 213 Å². The summed E-state index contributed by atoms with van der Waals surface area (Å²) in [5.74, 6) is 1.99. The van der Waals surface area contributed by atoms with Gasteiger partial charge in [0.05, 0.1) is 23.8 Å². The Hall–Kier alpha value is -3.95. The first-order valence-corrected chi connectivity index (χ1v) is 12.8. The zero-order valence-electron chi connectivity index (χ0n) is 19.8. The van der Waals surface area contributed by atoms with E-state index in [1.807, 2.05) is 60.9 Å². The third-order valence-corrected chi connectivity index (χ3v) is 6.44. The van der Waals surface area contributed by atoms with Crippen molar-refractivity contribution in [3.63, 3.8) is 0 Å². The average Bonchev–Trinajstić information content (AvgIpc) is 2.94. The number of carbonyl (C=O) groups is 1. The topological polar surface area (TPSA) is 89.5 Å². The molecule has 1 N–H and O–H groups in total. The van der Waals surface area contributed by atoms with Gasteiger partial charge in [-0.2, -0.15) is 0 Å². The zero-order chi connectivity index (χ0) is 24.7. The molecule has 1 aliphatic rings. The van der Waals surface area contributed by atoms with Gasteiger partial charge < -0.3 is 14.4 Å². The number of para-hydroxylation sites is 1. The number of nitrogens with zero attached hydrogens (tertiary/aromatic N) is 4. The van der Waals surface area contributed by atoms with Gasteiger partial charge in [-0.1, -0.05) is 18.2 Å². The van der Waals surface area contributed by atoms with Gasteiger partial charge in [0.15, 0.2) is 5.82 Å². The van der Waals surface area contributed by atoms with Crippen molar-refractivity contribution >= 4 is 29.4 Å². The van der Waals surface area contributed by atoms with Crippen LogP contribution in [0, 0.1) is 0 Å². The molecule has 8 nitrogen and oxygen atoms in total. The predicted molar refractivity (Wildman–Crippen MR) is 142 cm³/mol. The lowest BCUT2D eigenvalue weighted by atomic mass is 10.1. The molecule has 0 unspecified atom stereocenters. The molecule has 5 rings (SSSR count). The van der Waals surface area contributed by atoms with Crippen LogP contribution in [0.25, 0.3) is 22.6 Å². The van der Waals surface area contributed by atoms with E-state index in [0.29, 0.717) is 30.5 Å². The highest BCUT2D eigenvalue weighted by molar-refractivity contribution is 7.98. The number of nitrogens with one attached hydrogen (secondary N) is 1. The highest BCUT2D eigenvalue weighted by Crippen LogP contribution is 2.37. The van der Waals surface area contributed by atoms with Crippen LogP contribution in [-0.4, -0.2) is 53.6 Å². The maximum absolute atomic E-state index is 12.2. The Morgan fingerprint density at radius 3 is 2.36 bits per heavy atom. The first kappa shape index (κ1) is 23.8. The van der Waals surface area contributed by atoms with Crippen molar-refractivity contribution in [3.8, 4) is 28.4 Å². The largest absolute Gasteiger partial charge is 0.417 e. The van der Waals surface area contributed by atoms with Crippen molar-refractivity contribution in [1.29, 1.82) is 0 Å². The highest BCUT2D eigenvalue weighted by Gasteiger charge is 2.22. The first-order chi connectivity index (χ1) is 17.7. The number of carbonyl (C=O) groups excluding carboxylic acids is 1. The number of anilines is 2.